The van der Waals surface area contributed by atoms with Crippen LogP contribution in [0.2, 0.25) is 0 Å². The van der Waals surface area contributed by atoms with Gasteiger partial charge in [-0.05, 0) is 66.6 Å². The van der Waals surface area contributed by atoms with E-state index in [4.69, 9.17) is 0 Å². The van der Waals surface area contributed by atoms with Gasteiger partial charge in [-0.2, -0.15) is 0 Å². The van der Waals surface area contributed by atoms with Crippen LogP contribution in [0, 0.1) is 0 Å². The topological polar surface area (TPSA) is 15.3 Å². The van der Waals surface area contributed by atoms with Gasteiger partial charge in [0.1, 0.15) is 0 Å². The van der Waals surface area contributed by atoms with E-state index in [2.05, 4.69) is 51.9 Å². The van der Waals surface area contributed by atoms with Crippen molar-refractivity contribution in [2.24, 2.45) is 0 Å². The maximum atomic E-state index is 3.46. The van der Waals surface area contributed by atoms with Gasteiger partial charge in [-0.25, -0.2) is 0 Å². The van der Waals surface area contributed by atoms with Crippen LogP contribution in [0.15, 0.2) is 0 Å². The van der Waals surface area contributed by atoms with Gasteiger partial charge in [0, 0.05) is 11.6 Å². The van der Waals surface area contributed by atoms with Gasteiger partial charge in [-0.1, -0.05) is 13.8 Å². The van der Waals surface area contributed by atoms with Crippen LogP contribution in [0.1, 0.15) is 60.3 Å². The van der Waals surface area contributed by atoms with Gasteiger partial charge in [0.05, 0.1) is 0 Å². The van der Waals surface area contributed by atoms with Gasteiger partial charge < -0.3 is 5.32 Å². The molecule has 2 heteroatoms. The van der Waals surface area contributed by atoms with E-state index < -0.39 is 0 Å². The Morgan fingerprint density at radius 2 is 1.81 bits per heavy atom. The van der Waals surface area contributed by atoms with Gasteiger partial charge in [-0.3, -0.25) is 4.90 Å². The molecule has 0 bridgehead atoms. The number of nitrogens with one attached hydrogen (secondary N) is 1. The summed E-state index contributed by atoms with van der Waals surface area (Å²) in [6.07, 6.45) is 5.02. The Bertz CT molecular complexity index is 166. The van der Waals surface area contributed by atoms with Crippen molar-refractivity contribution in [2.75, 3.05) is 20.1 Å². The van der Waals surface area contributed by atoms with E-state index in [1.165, 1.54) is 32.2 Å². The highest BCUT2D eigenvalue weighted by Crippen LogP contribution is 2.20. The van der Waals surface area contributed by atoms with Gasteiger partial charge in [0.15, 0.2) is 0 Å². The second-order valence-corrected chi connectivity index (χ2v) is 5.52. The quantitative estimate of drug-likeness (QED) is 0.609. The first-order chi connectivity index (χ1) is 7.45. The van der Waals surface area contributed by atoms with Crippen LogP contribution in [0.25, 0.3) is 0 Å². The molecular weight excluding hydrogens is 196 g/mol. The molecule has 0 heterocycles. The van der Waals surface area contributed by atoms with Crippen molar-refractivity contribution in [2.45, 2.75) is 71.9 Å². The van der Waals surface area contributed by atoms with Crippen LogP contribution >= 0.6 is 0 Å². The molecule has 0 aromatic heterocycles. The van der Waals surface area contributed by atoms with Crippen LogP contribution in [-0.4, -0.2) is 36.6 Å². The third-order valence-electron chi connectivity index (χ3n) is 3.88. The normalized spacial score (nSPS) is 14.4. The number of hydrogen-bond donors (Lipinski definition) is 1. The molecule has 0 aliphatic carbocycles. The highest BCUT2D eigenvalue weighted by Gasteiger charge is 2.24. The summed E-state index contributed by atoms with van der Waals surface area (Å²) in [7, 11) is 2.26. The molecule has 0 radical (unpaired) electrons. The van der Waals surface area contributed by atoms with Gasteiger partial charge in [0.2, 0.25) is 0 Å². The van der Waals surface area contributed by atoms with Gasteiger partial charge >= 0.3 is 0 Å². The SMILES string of the molecule is CCCNCCCC(C)N(C)C(C)(C)CC. The van der Waals surface area contributed by atoms with E-state index in [0.717, 1.165) is 6.54 Å². The molecule has 0 saturated heterocycles. The Labute approximate surface area is 103 Å². The summed E-state index contributed by atoms with van der Waals surface area (Å²) < 4.78 is 0. The molecule has 0 rings (SSSR count). The number of nitrogens with zero attached hydrogens (tertiary/aromatic N) is 1. The smallest absolute Gasteiger partial charge is 0.0150 e. The molecule has 0 aromatic carbocycles. The third kappa shape index (κ3) is 5.86. The zero-order chi connectivity index (χ0) is 12.6. The third-order valence-corrected chi connectivity index (χ3v) is 3.88. The zero-order valence-electron chi connectivity index (χ0n) is 12.3. The van der Waals surface area contributed by atoms with Crippen molar-refractivity contribution >= 4 is 0 Å². The van der Waals surface area contributed by atoms with Gasteiger partial charge in [0.25, 0.3) is 0 Å². The first-order valence-electron chi connectivity index (χ1n) is 6.89. The summed E-state index contributed by atoms with van der Waals surface area (Å²) in [5.41, 5.74) is 0.330. The first kappa shape index (κ1) is 15.9. The molecule has 0 saturated carbocycles. The second kappa shape index (κ2) is 8.08. The second-order valence-electron chi connectivity index (χ2n) is 5.52. The predicted octanol–water partition coefficient (Wildman–Crippen LogP) is 3.28. The molecule has 98 valence electrons. The standard InChI is InChI=1S/C14H32N2/c1-7-11-15-12-9-10-13(3)16(6)14(4,5)8-2/h13,15H,7-12H2,1-6H3. The minimum absolute atomic E-state index is 0.330. The van der Waals surface area contributed by atoms with E-state index in [-0.39, 0.29) is 0 Å². The van der Waals surface area contributed by atoms with E-state index >= 15 is 0 Å². The molecule has 0 amide bonds. The van der Waals surface area contributed by atoms with Crippen LogP contribution in [-0.2, 0) is 0 Å². The average molecular weight is 228 g/mol. The van der Waals surface area contributed by atoms with Crippen LogP contribution in [0.5, 0.6) is 0 Å². The van der Waals surface area contributed by atoms with E-state index in [1.54, 1.807) is 0 Å². The summed E-state index contributed by atoms with van der Waals surface area (Å²) in [6.45, 7) is 13.8. The summed E-state index contributed by atoms with van der Waals surface area (Å²) in [5, 5.41) is 3.46. The molecular formula is C14H32N2. The lowest BCUT2D eigenvalue weighted by Gasteiger charge is -2.39. The van der Waals surface area contributed by atoms with Crippen LogP contribution < -0.4 is 5.32 Å². The van der Waals surface area contributed by atoms with Crippen LogP contribution in [0.4, 0.5) is 0 Å². The predicted molar refractivity (Wildman–Crippen MR) is 74.0 cm³/mol. The molecule has 0 aliphatic heterocycles. The largest absolute Gasteiger partial charge is 0.317 e. The summed E-state index contributed by atoms with van der Waals surface area (Å²) in [5.74, 6) is 0. The highest BCUT2D eigenvalue weighted by molar-refractivity contribution is 4.81. The molecule has 0 spiro atoms. The highest BCUT2D eigenvalue weighted by atomic mass is 15.2. The van der Waals surface area contributed by atoms with Crippen molar-refractivity contribution in [1.29, 1.82) is 0 Å². The molecule has 1 unspecified atom stereocenters. The minimum Gasteiger partial charge on any atom is -0.317 e. The number of hydrogen-bond acceptors (Lipinski definition) is 2. The molecule has 1 N–H and O–H groups in total. The molecule has 0 aromatic rings. The van der Waals surface area contributed by atoms with Crippen molar-refractivity contribution in [3.8, 4) is 0 Å². The maximum Gasteiger partial charge on any atom is 0.0150 e. The Morgan fingerprint density at radius 1 is 1.19 bits per heavy atom. The van der Waals surface area contributed by atoms with E-state index in [9.17, 15) is 0 Å². The Balaban J connectivity index is 3.75. The Kier molecular flexibility index (Phi) is 8.04. The van der Waals surface area contributed by atoms with Crippen molar-refractivity contribution in [3.05, 3.63) is 0 Å². The van der Waals surface area contributed by atoms with Gasteiger partial charge in [-0.15, -0.1) is 0 Å². The fourth-order valence-corrected chi connectivity index (χ4v) is 1.86. The van der Waals surface area contributed by atoms with Crippen LogP contribution in [0.3, 0.4) is 0 Å². The van der Waals surface area contributed by atoms with Crippen molar-refractivity contribution in [3.63, 3.8) is 0 Å². The summed E-state index contributed by atoms with van der Waals surface area (Å²) in [6, 6.07) is 0.679. The maximum absolute atomic E-state index is 3.46. The van der Waals surface area contributed by atoms with Crippen molar-refractivity contribution < 1.29 is 0 Å². The van der Waals surface area contributed by atoms with E-state index in [0.29, 0.717) is 11.6 Å². The average Bonchev–Trinajstić information content (AvgIpc) is 2.27. The minimum atomic E-state index is 0.330. The Morgan fingerprint density at radius 3 is 2.31 bits per heavy atom. The number of rotatable bonds is 9. The monoisotopic (exact) mass is 228 g/mol. The molecule has 0 aliphatic rings. The zero-order valence-corrected chi connectivity index (χ0v) is 12.3. The molecule has 0 fully saturated rings. The molecule has 1 atom stereocenters. The first-order valence-corrected chi connectivity index (χ1v) is 6.89. The fourth-order valence-electron chi connectivity index (χ4n) is 1.86. The molecule has 2 nitrogen and oxygen atoms in total. The lowest BCUT2D eigenvalue weighted by molar-refractivity contribution is 0.0998. The lowest BCUT2D eigenvalue weighted by Crippen LogP contribution is -2.45. The van der Waals surface area contributed by atoms with Crippen molar-refractivity contribution in [1.82, 2.24) is 10.2 Å². The lowest BCUT2D eigenvalue weighted by atomic mass is 9.97. The fraction of sp³-hybridized carbons (Fsp3) is 1.00. The summed E-state index contributed by atoms with van der Waals surface area (Å²) in [4.78, 5) is 2.52. The summed E-state index contributed by atoms with van der Waals surface area (Å²) >= 11 is 0. The molecule has 16 heavy (non-hydrogen) atoms. The Hall–Kier alpha value is -0.0800. The van der Waals surface area contributed by atoms with E-state index in [1.807, 2.05) is 0 Å².